The van der Waals surface area contributed by atoms with Crippen LogP contribution in [0.15, 0.2) is 97.1 Å². The number of benzene rings is 6. The van der Waals surface area contributed by atoms with Crippen molar-refractivity contribution in [2.24, 2.45) is 0 Å². The molecule has 304 valence electrons. The summed E-state index contributed by atoms with van der Waals surface area (Å²) in [4.78, 5) is 0. The molecule has 3 nitrogen and oxygen atoms in total. The van der Waals surface area contributed by atoms with E-state index in [-0.39, 0.29) is 33.8 Å². The maximum Gasteiger partial charge on any atom is 0.256 e. The summed E-state index contributed by atoms with van der Waals surface area (Å²) < 4.78 is 12.3. The van der Waals surface area contributed by atoms with Crippen molar-refractivity contribution in [3.8, 4) is 22.9 Å². The first-order valence-corrected chi connectivity index (χ1v) is 22.1. The lowest BCUT2D eigenvalue weighted by Crippen LogP contribution is -2.58. The van der Waals surface area contributed by atoms with Crippen molar-refractivity contribution in [3.63, 3.8) is 0 Å². The molecule has 2 aromatic heterocycles. The summed E-state index contributed by atoms with van der Waals surface area (Å²) in [5.41, 5.74) is 17.9. The maximum absolute atomic E-state index is 7.22. The van der Waals surface area contributed by atoms with Gasteiger partial charge in [0.15, 0.2) is 0 Å². The van der Waals surface area contributed by atoms with Gasteiger partial charge in [-0.2, -0.15) is 0 Å². The fourth-order valence-corrected chi connectivity index (χ4v) is 10.0. The largest absolute Gasteiger partial charge is 0.458 e. The molecule has 4 heteroatoms. The third-order valence-electron chi connectivity index (χ3n) is 13.7. The first-order valence-electron chi connectivity index (χ1n) is 22.1. The van der Waals surface area contributed by atoms with Crippen LogP contribution in [-0.4, -0.2) is 15.8 Å². The Balaban J connectivity index is 1.36. The molecule has 0 unspecified atom stereocenters. The van der Waals surface area contributed by atoms with Gasteiger partial charge in [-0.05, 0) is 126 Å². The molecule has 6 aromatic carbocycles. The van der Waals surface area contributed by atoms with Crippen LogP contribution in [0.4, 0.5) is 0 Å². The van der Waals surface area contributed by atoms with Gasteiger partial charge in [-0.1, -0.05) is 140 Å². The number of rotatable bonds is 1. The van der Waals surface area contributed by atoms with Crippen molar-refractivity contribution in [2.75, 3.05) is 0 Å². The average Bonchev–Trinajstić information content (AvgIpc) is 3.66. The minimum absolute atomic E-state index is 0.00621. The van der Waals surface area contributed by atoms with Gasteiger partial charge in [0.2, 0.25) is 0 Å². The molecule has 0 amide bonds. The molecule has 8 aromatic rings. The Bertz CT molecular complexity index is 3060. The Morgan fingerprint density at radius 2 is 0.800 bits per heavy atom. The van der Waals surface area contributed by atoms with Gasteiger partial charge in [0, 0.05) is 38.8 Å². The van der Waals surface area contributed by atoms with Crippen molar-refractivity contribution in [1.29, 1.82) is 0 Å². The molecule has 0 atom stereocenters. The van der Waals surface area contributed by atoms with Gasteiger partial charge in [-0.15, -0.1) is 0 Å². The predicted octanol–water partition coefficient (Wildman–Crippen LogP) is 13.3. The van der Waals surface area contributed by atoms with Crippen LogP contribution >= 0.6 is 0 Å². The van der Waals surface area contributed by atoms with Crippen molar-refractivity contribution in [1.82, 2.24) is 9.13 Å². The Morgan fingerprint density at radius 1 is 0.383 bits per heavy atom. The topological polar surface area (TPSA) is 19.1 Å². The second-order valence-corrected chi connectivity index (χ2v) is 23.2. The zero-order valence-electron chi connectivity index (χ0n) is 38.6. The van der Waals surface area contributed by atoms with Crippen LogP contribution in [0.1, 0.15) is 132 Å². The van der Waals surface area contributed by atoms with Gasteiger partial charge in [0.05, 0.1) is 22.2 Å². The van der Waals surface area contributed by atoms with E-state index in [1.807, 2.05) is 0 Å². The van der Waals surface area contributed by atoms with Gasteiger partial charge in [0.1, 0.15) is 11.5 Å². The summed E-state index contributed by atoms with van der Waals surface area (Å²) in [5.74, 6) is 1.88. The second-order valence-electron chi connectivity index (χ2n) is 23.2. The van der Waals surface area contributed by atoms with Crippen LogP contribution in [0.5, 0.6) is 11.5 Å². The van der Waals surface area contributed by atoms with Crippen LogP contribution in [0.3, 0.4) is 0 Å². The smallest absolute Gasteiger partial charge is 0.256 e. The molecule has 0 radical (unpaired) electrons. The summed E-state index contributed by atoms with van der Waals surface area (Å²) in [7, 11) is 0. The van der Waals surface area contributed by atoms with E-state index in [0.717, 1.165) is 17.2 Å². The van der Waals surface area contributed by atoms with Crippen molar-refractivity contribution in [2.45, 2.75) is 131 Å². The average molecular weight is 789 g/mol. The van der Waals surface area contributed by atoms with Gasteiger partial charge < -0.3 is 13.9 Å². The normalized spacial score (nSPS) is 14.3. The number of aromatic nitrogens is 2. The molecular formula is C56H61BN2O. The Kier molecular flexibility index (Phi) is 7.93. The summed E-state index contributed by atoms with van der Waals surface area (Å²) >= 11 is 0. The molecule has 4 heterocycles. The van der Waals surface area contributed by atoms with Crippen molar-refractivity contribution in [3.05, 3.63) is 125 Å². The van der Waals surface area contributed by atoms with E-state index in [0.29, 0.717) is 0 Å². The summed E-state index contributed by atoms with van der Waals surface area (Å²) in [6.07, 6.45) is 0. The summed E-state index contributed by atoms with van der Waals surface area (Å²) in [6, 6.07) is 38.2. The lowest BCUT2D eigenvalue weighted by molar-refractivity contribution is 0.486. The number of hydrogen-bond donors (Lipinski definition) is 0. The molecule has 10 rings (SSSR count). The third-order valence-corrected chi connectivity index (χ3v) is 13.7. The van der Waals surface area contributed by atoms with Gasteiger partial charge in [-0.3, -0.25) is 0 Å². The lowest BCUT2D eigenvalue weighted by Gasteiger charge is -2.35. The van der Waals surface area contributed by atoms with Gasteiger partial charge in [0.25, 0.3) is 6.71 Å². The van der Waals surface area contributed by atoms with E-state index < -0.39 is 0 Å². The highest BCUT2D eigenvalue weighted by Gasteiger charge is 2.42. The van der Waals surface area contributed by atoms with E-state index in [4.69, 9.17) is 4.74 Å². The van der Waals surface area contributed by atoms with Crippen molar-refractivity contribution >= 4 is 66.7 Å². The van der Waals surface area contributed by atoms with E-state index >= 15 is 0 Å². The maximum atomic E-state index is 7.22. The highest BCUT2D eigenvalue weighted by Crippen LogP contribution is 2.44. The zero-order chi connectivity index (χ0) is 42.8. The van der Waals surface area contributed by atoms with Crippen LogP contribution in [0.25, 0.3) is 55.0 Å². The summed E-state index contributed by atoms with van der Waals surface area (Å²) in [6.45, 7) is 34.9. The number of nitrogens with zero attached hydrogens (tertiary/aromatic N) is 2. The molecule has 0 N–H and O–H groups in total. The Morgan fingerprint density at radius 3 is 1.30 bits per heavy atom. The molecule has 0 aliphatic carbocycles. The van der Waals surface area contributed by atoms with Gasteiger partial charge >= 0.3 is 0 Å². The molecule has 0 spiro atoms. The minimum atomic E-state index is -0.0365. The molecule has 0 fully saturated rings. The summed E-state index contributed by atoms with van der Waals surface area (Å²) in [5, 5.41) is 5.22. The highest BCUT2D eigenvalue weighted by molar-refractivity contribution is 6.99. The third kappa shape index (κ3) is 5.76. The second kappa shape index (κ2) is 12.2. The standard InChI is InChI=1S/C56H61BN2O/c1-52(2,3)32-16-20-44-38(24-32)39-25-33(53(4,5)6)17-21-45(39)58(44)37-30-47-50-49(31-37)60-48-23-19-35(55(10,11)12)28-42(48)57(50)43-29-36(56(13,14)15)27-41-40-26-34(54(7,8)9)18-22-46(40)59(47)51(41)43/h16-31H,1-15H3. The first kappa shape index (κ1) is 39.0. The van der Waals surface area contributed by atoms with E-state index in [2.05, 4.69) is 210 Å². The van der Waals surface area contributed by atoms with E-state index in [1.54, 1.807) is 0 Å². The fourth-order valence-electron chi connectivity index (χ4n) is 10.0. The zero-order valence-corrected chi connectivity index (χ0v) is 38.6. The van der Waals surface area contributed by atoms with Crippen LogP contribution in [0.2, 0.25) is 0 Å². The Hall–Kier alpha value is -5.22. The molecule has 2 aliphatic rings. The van der Waals surface area contributed by atoms with Crippen LogP contribution in [0, 0.1) is 0 Å². The fraction of sp³-hybridized carbons (Fsp3) is 0.357. The van der Waals surface area contributed by atoms with Gasteiger partial charge in [-0.25, -0.2) is 0 Å². The number of ether oxygens (including phenoxy) is 1. The molecule has 60 heavy (non-hydrogen) atoms. The van der Waals surface area contributed by atoms with E-state index in [1.165, 1.54) is 93.5 Å². The molecular weight excluding hydrogens is 727 g/mol. The predicted molar refractivity (Wildman–Crippen MR) is 260 cm³/mol. The Labute approximate surface area is 357 Å². The number of hydrogen-bond acceptors (Lipinski definition) is 1. The first-order chi connectivity index (χ1) is 27.9. The van der Waals surface area contributed by atoms with E-state index in [9.17, 15) is 0 Å². The number of fused-ring (bicyclic) bond motifs is 10. The highest BCUT2D eigenvalue weighted by atomic mass is 16.5. The molecule has 0 saturated carbocycles. The SMILES string of the molecule is CC(C)(C)c1ccc2c(c1)B1c3c(cc(-n4c5ccc(C(C)(C)C)cc5c5cc(C(C)(C)C)ccc54)cc3-n3c4ccc(C(C)(C)C)cc4c4cc(C(C)(C)C)cc1c43)O2. The quantitative estimate of drug-likeness (QED) is 0.152. The molecule has 0 saturated heterocycles. The van der Waals surface area contributed by atoms with Crippen molar-refractivity contribution < 1.29 is 4.74 Å². The van der Waals surface area contributed by atoms with Crippen LogP contribution in [-0.2, 0) is 27.1 Å². The van der Waals surface area contributed by atoms with Crippen LogP contribution < -0.4 is 21.1 Å². The minimum Gasteiger partial charge on any atom is -0.458 e. The molecule has 2 aliphatic heterocycles. The lowest BCUT2D eigenvalue weighted by atomic mass is 9.34. The molecule has 0 bridgehead atoms. The monoisotopic (exact) mass is 788 g/mol.